The third kappa shape index (κ3) is 4.57. The Kier molecular flexibility index (Phi) is 7.09. The summed E-state index contributed by atoms with van der Waals surface area (Å²) in [6.07, 6.45) is 12.3. The van der Waals surface area contributed by atoms with Gasteiger partial charge in [0.2, 0.25) is 0 Å². The molecule has 0 unspecified atom stereocenters. The molecule has 2 heteroatoms. The molecule has 0 fully saturated rings. The Morgan fingerprint density at radius 3 is 2.47 bits per heavy atom. The molecule has 0 heterocycles. The van der Waals surface area contributed by atoms with E-state index in [0.717, 1.165) is 5.46 Å². The van der Waals surface area contributed by atoms with Crippen LogP contribution in [0.25, 0.3) is 0 Å². The zero-order valence-electron chi connectivity index (χ0n) is 10.9. The summed E-state index contributed by atoms with van der Waals surface area (Å²) in [4.78, 5) is 0. The average molecular weight is 340 g/mol. The molecule has 0 radical (unpaired) electrons. The van der Waals surface area contributed by atoms with Crippen molar-refractivity contribution < 1.29 is 0 Å². The third-order valence-electron chi connectivity index (χ3n) is 3.28. The number of hydrogen-bond donors (Lipinski definition) is 0. The molecule has 1 aliphatic rings. The van der Waals surface area contributed by atoms with Gasteiger partial charge in [-0.15, -0.1) is 0 Å². The second-order valence-electron chi connectivity index (χ2n) is 4.58. The van der Waals surface area contributed by atoms with E-state index in [1.807, 2.05) is 0 Å². The zero-order valence-corrected chi connectivity index (χ0v) is 13.1. The SMILES string of the molecule is B=C1C=C(CCCCCCCI)C(=C)/C1=C/C. The Morgan fingerprint density at radius 1 is 1.24 bits per heavy atom. The van der Waals surface area contributed by atoms with Crippen LogP contribution in [0.5, 0.6) is 0 Å². The molecule has 0 aliphatic heterocycles. The summed E-state index contributed by atoms with van der Waals surface area (Å²) in [6, 6.07) is 0. The van der Waals surface area contributed by atoms with Gasteiger partial charge >= 0.3 is 121 Å². The molecular weight excluding hydrogens is 318 g/mol. The Hall–Kier alpha value is -0.115. The summed E-state index contributed by atoms with van der Waals surface area (Å²) in [5, 5.41) is 0. The summed E-state index contributed by atoms with van der Waals surface area (Å²) < 4.78 is 1.30. The van der Waals surface area contributed by atoms with Gasteiger partial charge in [-0.3, -0.25) is 0 Å². The van der Waals surface area contributed by atoms with Crippen LogP contribution in [0.15, 0.2) is 35.5 Å². The van der Waals surface area contributed by atoms with Crippen LogP contribution in [-0.4, -0.2) is 17.4 Å². The van der Waals surface area contributed by atoms with Crippen LogP contribution in [0.2, 0.25) is 0 Å². The number of alkyl halides is 1. The second-order valence-corrected chi connectivity index (χ2v) is 5.66. The molecule has 0 spiro atoms. The second kappa shape index (κ2) is 8.07. The number of hydrogen-bond acceptors (Lipinski definition) is 0. The monoisotopic (exact) mass is 340 g/mol. The van der Waals surface area contributed by atoms with Gasteiger partial charge in [-0.05, 0) is 0 Å². The predicted octanol–water partition coefficient (Wildman–Crippen LogP) is 4.28. The number of rotatable bonds is 7. The molecule has 0 saturated carbocycles. The Balaban J connectivity index is 2.27. The molecule has 92 valence electrons. The van der Waals surface area contributed by atoms with Crippen LogP contribution in [0.1, 0.15) is 45.4 Å². The summed E-state index contributed by atoms with van der Waals surface area (Å²) >= 11 is 2.45. The van der Waals surface area contributed by atoms with Gasteiger partial charge in [0.05, 0.1) is 0 Å². The Morgan fingerprint density at radius 2 is 1.88 bits per heavy atom. The predicted molar refractivity (Wildman–Crippen MR) is 89.7 cm³/mol. The molecule has 0 aromatic carbocycles. The van der Waals surface area contributed by atoms with E-state index in [1.54, 1.807) is 0 Å². The summed E-state index contributed by atoms with van der Waals surface area (Å²) in [6.45, 7) is 6.23. The fraction of sp³-hybridized carbons (Fsp3) is 0.533. The van der Waals surface area contributed by atoms with Gasteiger partial charge in [-0.2, -0.15) is 0 Å². The molecule has 1 aliphatic carbocycles. The quantitative estimate of drug-likeness (QED) is 0.281. The third-order valence-corrected chi connectivity index (χ3v) is 4.04. The van der Waals surface area contributed by atoms with Gasteiger partial charge in [0.15, 0.2) is 0 Å². The molecule has 0 amide bonds. The van der Waals surface area contributed by atoms with Crippen LogP contribution < -0.4 is 0 Å². The number of unbranched alkanes of at least 4 members (excludes halogenated alkanes) is 4. The molecule has 0 N–H and O–H groups in total. The topological polar surface area (TPSA) is 0 Å². The van der Waals surface area contributed by atoms with Gasteiger partial charge in [0, 0.05) is 0 Å². The molecule has 0 aromatic heterocycles. The van der Waals surface area contributed by atoms with Crippen molar-refractivity contribution in [2.75, 3.05) is 4.43 Å². The van der Waals surface area contributed by atoms with Crippen LogP contribution in [0, 0.1) is 0 Å². The van der Waals surface area contributed by atoms with Crippen molar-refractivity contribution in [2.24, 2.45) is 0 Å². The van der Waals surface area contributed by atoms with E-state index in [0.29, 0.717) is 0 Å². The summed E-state index contributed by atoms with van der Waals surface area (Å²) in [7, 11) is 4.07. The number of halogens is 1. The van der Waals surface area contributed by atoms with Gasteiger partial charge in [0.25, 0.3) is 0 Å². The molecule has 17 heavy (non-hydrogen) atoms. The minimum atomic E-state index is 1.14. The number of allylic oxidation sites excluding steroid dienone is 5. The van der Waals surface area contributed by atoms with E-state index in [2.05, 4.69) is 55.7 Å². The molecule has 0 bridgehead atoms. The fourth-order valence-electron chi connectivity index (χ4n) is 2.26. The molecular formula is C15H22BI. The molecule has 1 rings (SSSR count). The van der Waals surface area contributed by atoms with E-state index in [9.17, 15) is 0 Å². The van der Waals surface area contributed by atoms with E-state index < -0.39 is 0 Å². The average Bonchev–Trinajstić information content (AvgIpc) is 2.58. The molecule has 0 nitrogen and oxygen atoms in total. The summed E-state index contributed by atoms with van der Waals surface area (Å²) in [5.41, 5.74) is 4.98. The minimum absolute atomic E-state index is 1.14. The fourth-order valence-corrected chi connectivity index (χ4v) is 2.80. The van der Waals surface area contributed by atoms with Crippen molar-refractivity contribution in [3.8, 4) is 0 Å². The van der Waals surface area contributed by atoms with Crippen molar-refractivity contribution in [2.45, 2.75) is 45.4 Å². The van der Waals surface area contributed by atoms with Crippen molar-refractivity contribution in [3.63, 3.8) is 0 Å². The van der Waals surface area contributed by atoms with Crippen molar-refractivity contribution in [1.82, 2.24) is 0 Å². The van der Waals surface area contributed by atoms with E-state index in [4.69, 9.17) is 0 Å². The molecule has 0 saturated heterocycles. The van der Waals surface area contributed by atoms with Crippen molar-refractivity contribution in [1.29, 1.82) is 0 Å². The first-order chi connectivity index (χ1) is 8.20. The zero-order chi connectivity index (χ0) is 12.7. The maximum absolute atomic E-state index is 4.17. The van der Waals surface area contributed by atoms with Crippen LogP contribution in [0.4, 0.5) is 0 Å². The van der Waals surface area contributed by atoms with Gasteiger partial charge in [-0.1, -0.05) is 0 Å². The summed E-state index contributed by atoms with van der Waals surface area (Å²) in [5.74, 6) is 0. The molecule has 0 atom stereocenters. The van der Waals surface area contributed by atoms with E-state index in [-0.39, 0.29) is 0 Å². The van der Waals surface area contributed by atoms with Crippen LogP contribution >= 0.6 is 22.6 Å². The first kappa shape index (κ1) is 14.9. The van der Waals surface area contributed by atoms with Gasteiger partial charge < -0.3 is 0 Å². The van der Waals surface area contributed by atoms with Crippen molar-refractivity contribution >= 4 is 35.5 Å². The normalized spacial score (nSPS) is 17.9. The van der Waals surface area contributed by atoms with Crippen LogP contribution in [0.3, 0.4) is 0 Å². The maximum atomic E-state index is 4.17. The van der Waals surface area contributed by atoms with Crippen LogP contribution in [-0.2, 0) is 0 Å². The van der Waals surface area contributed by atoms with E-state index in [1.165, 1.54) is 59.7 Å². The Bertz CT molecular complexity index is 350. The first-order valence-electron chi connectivity index (χ1n) is 6.52. The van der Waals surface area contributed by atoms with Crippen molar-refractivity contribution in [3.05, 3.63) is 35.5 Å². The van der Waals surface area contributed by atoms with Gasteiger partial charge in [0.1, 0.15) is 0 Å². The van der Waals surface area contributed by atoms with Gasteiger partial charge in [-0.25, -0.2) is 0 Å². The first-order valence-corrected chi connectivity index (χ1v) is 8.05. The standard InChI is InChI=1S/C15H22BI/c1-3-14-12(2)13(11-15(14)16)9-7-5-4-6-8-10-17/h3,11,16H,2,4-10H2,1H3/b14-3-. The molecule has 0 aromatic rings. The Labute approximate surface area is 120 Å². The van der Waals surface area contributed by atoms with E-state index >= 15 is 0 Å².